The molecule has 2 aliphatic rings. The number of hydrogen-bond acceptors (Lipinski definition) is 3. The summed E-state index contributed by atoms with van der Waals surface area (Å²) in [5.41, 5.74) is 1.01. The molecular formula is C14H18N2O2. The normalized spacial score (nSPS) is 29.4. The number of phenolic OH excluding ortho intramolecular Hbond substituents is 1. The largest absolute Gasteiger partial charge is 0.508 e. The number of fused-ring (bicyclic) bond motifs is 2. The molecule has 3 atom stereocenters. The van der Waals surface area contributed by atoms with Crippen molar-refractivity contribution in [1.29, 1.82) is 0 Å². The predicted molar refractivity (Wildman–Crippen MR) is 68.0 cm³/mol. The van der Waals surface area contributed by atoms with Crippen molar-refractivity contribution in [3.63, 3.8) is 0 Å². The molecule has 0 aliphatic carbocycles. The van der Waals surface area contributed by atoms with Crippen molar-refractivity contribution in [3.05, 3.63) is 29.8 Å². The zero-order valence-corrected chi connectivity index (χ0v) is 10.2. The molecule has 1 amide bonds. The fourth-order valence-corrected chi connectivity index (χ4v) is 3.05. The van der Waals surface area contributed by atoms with Crippen LogP contribution in [0.2, 0.25) is 0 Å². The van der Waals surface area contributed by atoms with Gasteiger partial charge in [-0.25, -0.2) is 0 Å². The van der Waals surface area contributed by atoms with E-state index in [2.05, 4.69) is 10.6 Å². The first-order valence-corrected chi connectivity index (χ1v) is 6.54. The molecule has 18 heavy (non-hydrogen) atoms. The van der Waals surface area contributed by atoms with Gasteiger partial charge in [0.2, 0.25) is 5.91 Å². The summed E-state index contributed by atoms with van der Waals surface area (Å²) in [4.78, 5) is 12.1. The molecule has 0 saturated carbocycles. The van der Waals surface area contributed by atoms with Crippen LogP contribution in [0.1, 0.15) is 24.8 Å². The third-order valence-corrected chi connectivity index (χ3v) is 4.04. The first kappa shape index (κ1) is 11.5. The third kappa shape index (κ3) is 2.20. The fourth-order valence-electron chi connectivity index (χ4n) is 3.05. The first-order chi connectivity index (χ1) is 8.72. The molecule has 2 aliphatic heterocycles. The van der Waals surface area contributed by atoms with E-state index in [1.54, 1.807) is 12.1 Å². The molecule has 2 bridgehead atoms. The van der Waals surface area contributed by atoms with Gasteiger partial charge in [-0.3, -0.25) is 4.79 Å². The van der Waals surface area contributed by atoms with Gasteiger partial charge < -0.3 is 15.7 Å². The maximum Gasteiger partial charge on any atom is 0.225 e. The molecule has 0 radical (unpaired) electrons. The summed E-state index contributed by atoms with van der Waals surface area (Å²) < 4.78 is 0. The van der Waals surface area contributed by atoms with Gasteiger partial charge in [-0.05, 0) is 37.0 Å². The van der Waals surface area contributed by atoms with E-state index in [1.165, 1.54) is 6.42 Å². The Bertz CT molecular complexity index is 444. The van der Waals surface area contributed by atoms with Gasteiger partial charge in [-0.15, -0.1) is 0 Å². The molecule has 2 saturated heterocycles. The molecule has 0 spiro atoms. The highest BCUT2D eigenvalue weighted by Crippen LogP contribution is 2.33. The van der Waals surface area contributed by atoms with Crippen molar-refractivity contribution in [2.45, 2.75) is 37.9 Å². The van der Waals surface area contributed by atoms with Gasteiger partial charge in [0.15, 0.2) is 0 Å². The highest BCUT2D eigenvalue weighted by molar-refractivity contribution is 5.80. The van der Waals surface area contributed by atoms with Crippen LogP contribution in [-0.4, -0.2) is 23.1 Å². The molecule has 4 nitrogen and oxygen atoms in total. The van der Waals surface area contributed by atoms with E-state index in [0.29, 0.717) is 18.6 Å². The van der Waals surface area contributed by atoms with Gasteiger partial charge in [-0.2, -0.15) is 0 Å². The zero-order chi connectivity index (χ0) is 12.5. The number of aromatic hydroxyl groups is 1. The van der Waals surface area contributed by atoms with Crippen molar-refractivity contribution >= 4 is 5.91 Å². The molecule has 3 unspecified atom stereocenters. The summed E-state index contributed by atoms with van der Waals surface area (Å²) in [7, 11) is 0. The minimum Gasteiger partial charge on any atom is -0.508 e. The lowest BCUT2D eigenvalue weighted by Crippen LogP contribution is -2.37. The van der Waals surface area contributed by atoms with Crippen molar-refractivity contribution in [1.82, 2.24) is 10.6 Å². The van der Waals surface area contributed by atoms with Gasteiger partial charge in [0, 0.05) is 18.6 Å². The first-order valence-electron chi connectivity index (χ1n) is 6.54. The minimum atomic E-state index is 0.140. The third-order valence-electron chi connectivity index (χ3n) is 4.04. The van der Waals surface area contributed by atoms with E-state index >= 15 is 0 Å². The number of hydrogen-bond donors (Lipinski definition) is 3. The lowest BCUT2D eigenvalue weighted by atomic mass is 9.88. The maximum atomic E-state index is 12.1. The number of carbonyl (C=O) groups excluding carboxylic acids is 1. The van der Waals surface area contributed by atoms with E-state index in [4.69, 9.17) is 0 Å². The second-order valence-electron chi connectivity index (χ2n) is 5.27. The average Bonchev–Trinajstić information content (AvgIpc) is 3.00. The quantitative estimate of drug-likeness (QED) is 0.749. The second-order valence-corrected chi connectivity index (χ2v) is 5.27. The summed E-state index contributed by atoms with van der Waals surface area (Å²) >= 11 is 0. The number of rotatable bonds is 3. The molecule has 96 valence electrons. The molecule has 2 heterocycles. The average molecular weight is 246 g/mol. The summed E-state index contributed by atoms with van der Waals surface area (Å²) in [6.07, 6.45) is 3.32. The molecule has 4 heteroatoms. The van der Waals surface area contributed by atoms with Crippen LogP contribution in [0, 0.1) is 5.92 Å². The van der Waals surface area contributed by atoms with Crippen LogP contribution < -0.4 is 10.6 Å². The van der Waals surface area contributed by atoms with Crippen LogP contribution in [0.4, 0.5) is 0 Å². The number of nitrogens with one attached hydrogen (secondary N) is 2. The van der Waals surface area contributed by atoms with Gasteiger partial charge in [0.05, 0.1) is 5.92 Å². The number of carbonyl (C=O) groups is 1. The Morgan fingerprint density at radius 2 is 2.11 bits per heavy atom. The fraction of sp³-hybridized carbons (Fsp3) is 0.500. The number of phenols is 1. The molecule has 3 rings (SSSR count). The van der Waals surface area contributed by atoms with Crippen molar-refractivity contribution in [3.8, 4) is 5.75 Å². The molecule has 2 fully saturated rings. The second kappa shape index (κ2) is 4.61. The highest BCUT2D eigenvalue weighted by Gasteiger charge is 2.42. The molecule has 3 N–H and O–H groups in total. The summed E-state index contributed by atoms with van der Waals surface area (Å²) in [5.74, 6) is 0.547. The van der Waals surface area contributed by atoms with Gasteiger partial charge >= 0.3 is 0 Å². The molecule has 1 aromatic carbocycles. The monoisotopic (exact) mass is 246 g/mol. The van der Waals surface area contributed by atoms with Crippen LogP contribution >= 0.6 is 0 Å². The Morgan fingerprint density at radius 1 is 1.33 bits per heavy atom. The van der Waals surface area contributed by atoms with Gasteiger partial charge in [0.1, 0.15) is 5.75 Å². The smallest absolute Gasteiger partial charge is 0.225 e. The number of benzene rings is 1. The summed E-state index contributed by atoms with van der Waals surface area (Å²) in [6.45, 7) is 0.535. The van der Waals surface area contributed by atoms with Crippen LogP contribution in [0.5, 0.6) is 5.75 Å². The van der Waals surface area contributed by atoms with Crippen molar-refractivity contribution in [2.24, 2.45) is 5.92 Å². The molecule has 0 aromatic heterocycles. The summed E-state index contributed by atoms with van der Waals surface area (Å²) in [5, 5.41) is 15.6. The van der Waals surface area contributed by atoms with E-state index in [0.717, 1.165) is 18.4 Å². The highest BCUT2D eigenvalue weighted by atomic mass is 16.3. The van der Waals surface area contributed by atoms with E-state index in [9.17, 15) is 9.90 Å². The Balaban J connectivity index is 1.54. The molecule has 1 aromatic rings. The molecular weight excluding hydrogens is 228 g/mol. The number of amides is 1. The van der Waals surface area contributed by atoms with E-state index < -0.39 is 0 Å². The van der Waals surface area contributed by atoms with E-state index in [-0.39, 0.29) is 17.6 Å². The lowest BCUT2D eigenvalue weighted by Gasteiger charge is -2.19. The van der Waals surface area contributed by atoms with Gasteiger partial charge in [-0.1, -0.05) is 12.1 Å². The van der Waals surface area contributed by atoms with Crippen LogP contribution in [0.25, 0.3) is 0 Å². The van der Waals surface area contributed by atoms with Crippen LogP contribution in [-0.2, 0) is 11.3 Å². The lowest BCUT2D eigenvalue weighted by molar-refractivity contribution is -0.125. The van der Waals surface area contributed by atoms with Crippen LogP contribution in [0.3, 0.4) is 0 Å². The Morgan fingerprint density at radius 3 is 2.72 bits per heavy atom. The van der Waals surface area contributed by atoms with E-state index in [1.807, 2.05) is 12.1 Å². The van der Waals surface area contributed by atoms with Gasteiger partial charge in [0.25, 0.3) is 0 Å². The minimum absolute atomic E-state index is 0.140. The Hall–Kier alpha value is -1.55. The zero-order valence-electron chi connectivity index (χ0n) is 10.2. The summed E-state index contributed by atoms with van der Waals surface area (Å²) in [6, 6.07) is 7.87. The van der Waals surface area contributed by atoms with Crippen molar-refractivity contribution < 1.29 is 9.90 Å². The Kier molecular flexibility index (Phi) is 2.96. The topological polar surface area (TPSA) is 61.4 Å². The standard InChI is InChI=1S/C14H18N2O2/c17-11-4-1-9(2-5-11)8-15-14(18)12-7-10-3-6-13(12)16-10/h1-2,4-5,10,12-13,16-17H,3,6-8H2,(H,15,18). The SMILES string of the molecule is O=C(NCc1ccc(O)cc1)C1CC2CCC1N2. The Labute approximate surface area is 106 Å². The van der Waals surface area contributed by atoms with Crippen LogP contribution in [0.15, 0.2) is 24.3 Å². The maximum absolute atomic E-state index is 12.1. The predicted octanol–water partition coefficient (Wildman–Crippen LogP) is 1.15. The van der Waals surface area contributed by atoms with Crippen molar-refractivity contribution in [2.75, 3.05) is 0 Å².